The van der Waals surface area contributed by atoms with E-state index in [4.69, 9.17) is 9.84 Å². The summed E-state index contributed by atoms with van der Waals surface area (Å²) < 4.78 is 7.75. The molecule has 7 heteroatoms. The maximum absolute atomic E-state index is 12.7. The molecule has 0 amide bonds. The number of Topliss-reactive ketones (excluding diaryl/α,β-unsaturated/α-hetero) is 1. The van der Waals surface area contributed by atoms with Crippen LogP contribution in [0.15, 0.2) is 36.9 Å². The first-order chi connectivity index (χ1) is 14.9. The second-order valence-corrected chi connectivity index (χ2v) is 8.51. The standard InChI is InChI=1S/C24H29N5O2/c1-15-9-20(10-16(2)31-15)24-17(3)28-29(18(24)4)14-22(30)11-21-6-5-19(12-27-21)23-13-25-7-8-26-23/h5-8,12-13,15-16,20H,9-11,14H2,1-4H3. The average Bonchev–Trinajstić information content (AvgIpc) is 3.01. The lowest BCUT2D eigenvalue weighted by Gasteiger charge is -2.32. The van der Waals surface area contributed by atoms with E-state index < -0.39 is 0 Å². The van der Waals surface area contributed by atoms with Crippen molar-refractivity contribution in [1.29, 1.82) is 0 Å². The molecule has 1 aliphatic rings. The zero-order valence-corrected chi connectivity index (χ0v) is 18.6. The Kier molecular flexibility index (Phi) is 6.23. The van der Waals surface area contributed by atoms with Crippen LogP contribution in [0, 0.1) is 13.8 Å². The van der Waals surface area contributed by atoms with Gasteiger partial charge in [0, 0.05) is 35.5 Å². The van der Waals surface area contributed by atoms with Crippen LogP contribution >= 0.6 is 0 Å². The molecule has 0 radical (unpaired) electrons. The fourth-order valence-corrected chi connectivity index (χ4v) is 4.65. The fraction of sp³-hybridized carbons (Fsp3) is 0.458. The lowest BCUT2D eigenvalue weighted by Crippen LogP contribution is -2.28. The van der Waals surface area contributed by atoms with Gasteiger partial charge in [0.2, 0.25) is 0 Å². The summed E-state index contributed by atoms with van der Waals surface area (Å²) in [4.78, 5) is 25.5. The second-order valence-electron chi connectivity index (χ2n) is 8.51. The minimum absolute atomic E-state index is 0.0885. The van der Waals surface area contributed by atoms with Crippen molar-refractivity contribution in [2.75, 3.05) is 0 Å². The molecule has 4 rings (SSSR count). The summed E-state index contributed by atoms with van der Waals surface area (Å²) in [7, 11) is 0. The van der Waals surface area contributed by atoms with E-state index in [1.807, 2.05) is 23.7 Å². The van der Waals surface area contributed by atoms with Crippen LogP contribution in [-0.4, -0.2) is 42.7 Å². The van der Waals surface area contributed by atoms with E-state index in [9.17, 15) is 4.79 Å². The van der Waals surface area contributed by atoms with Crippen molar-refractivity contribution in [3.05, 3.63) is 59.6 Å². The largest absolute Gasteiger partial charge is 0.376 e. The van der Waals surface area contributed by atoms with Gasteiger partial charge < -0.3 is 4.74 Å². The van der Waals surface area contributed by atoms with Crippen LogP contribution in [0.2, 0.25) is 0 Å². The van der Waals surface area contributed by atoms with Crippen molar-refractivity contribution >= 4 is 5.78 Å². The predicted octanol–water partition coefficient (Wildman–Crippen LogP) is 3.83. The SMILES string of the molecule is Cc1nn(CC(=O)Cc2ccc(-c3cnccn3)cn2)c(C)c1C1CC(C)OC(C)C1. The summed E-state index contributed by atoms with van der Waals surface area (Å²) in [5.41, 5.74) is 5.77. The van der Waals surface area contributed by atoms with Gasteiger partial charge >= 0.3 is 0 Å². The van der Waals surface area contributed by atoms with E-state index in [0.717, 1.165) is 41.2 Å². The molecule has 3 aromatic rings. The number of hydrogen-bond donors (Lipinski definition) is 0. The van der Waals surface area contributed by atoms with Crippen molar-refractivity contribution in [2.45, 2.75) is 71.6 Å². The van der Waals surface area contributed by atoms with Gasteiger partial charge in [0.05, 0.1) is 36.2 Å². The number of aromatic nitrogens is 5. The number of carbonyl (C=O) groups excluding carboxylic acids is 1. The van der Waals surface area contributed by atoms with Gasteiger partial charge in [-0.1, -0.05) is 0 Å². The number of ketones is 1. The maximum atomic E-state index is 12.7. The van der Waals surface area contributed by atoms with E-state index in [0.29, 0.717) is 5.92 Å². The number of carbonyl (C=O) groups is 1. The van der Waals surface area contributed by atoms with Crippen LogP contribution in [0.4, 0.5) is 0 Å². The number of nitrogens with zero attached hydrogens (tertiary/aromatic N) is 5. The molecule has 31 heavy (non-hydrogen) atoms. The number of hydrogen-bond acceptors (Lipinski definition) is 6. The number of ether oxygens (including phenoxy) is 1. The van der Waals surface area contributed by atoms with E-state index in [2.05, 4.69) is 35.7 Å². The molecule has 0 spiro atoms. The zero-order chi connectivity index (χ0) is 22.0. The minimum Gasteiger partial charge on any atom is -0.376 e. The summed E-state index contributed by atoms with van der Waals surface area (Å²) in [5.74, 6) is 0.517. The number of rotatable bonds is 6. The smallest absolute Gasteiger partial charge is 0.160 e. The molecule has 2 unspecified atom stereocenters. The Balaban J connectivity index is 1.43. The lowest BCUT2D eigenvalue weighted by molar-refractivity contribution is -0.119. The van der Waals surface area contributed by atoms with Crippen molar-refractivity contribution < 1.29 is 9.53 Å². The summed E-state index contributed by atoms with van der Waals surface area (Å²) >= 11 is 0. The molecule has 0 bridgehead atoms. The van der Waals surface area contributed by atoms with Gasteiger partial charge in [-0.3, -0.25) is 24.4 Å². The third kappa shape index (κ3) is 4.88. The van der Waals surface area contributed by atoms with Crippen molar-refractivity contribution in [2.24, 2.45) is 0 Å². The van der Waals surface area contributed by atoms with E-state index in [-0.39, 0.29) is 31.0 Å². The van der Waals surface area contributed by atoms with Gasteiger partial charge in [-0.2, -0.15) is 5.10 Å². The molecule has 7 nitrogen and oxygen atoms in total. The molecule has 3 aromatic heterocycles. The van der Waals surface area contributed by atoms with E-state index in [1.165, 1.54) is 5.56 Å². The number of aryl methyl sites for hydroxylation is 1. The van der Waals surface area contributed by atoms with Gasteiger partial charge in [0.25, 0.3) is 0 Å². The van der Waals surface area contributed by atoms with Crippen molar-refractivity contribution in [3.8, 4) is 11.3 Å². The molecular formula is C24H29N5O2. The highest BCUT2D eigenvalue weighted by Crippen LogP contribution is 2.36. The quantitative estimate of drug-likeness (QED) is 0.604. The van der Waals surface area contributed by atoms with Gasteiger partial charge in [-0.25, -0.2) is 0 Å². The Bertz CT molecular complexity index is 1040. The Morgan fingerprint density at radius 3 is 2.52 bits per heavy atom. The summed E-state index contributed by atoms with van der Waals surface area (Å²) in [6, 6.07) is 3.80. The molecule has 0 aliphatic carbocycles. The third-order valence-electron chi connectivity index (χ3n) is 5.93. The highest BCUT2D eigenvalue weighted by Gasteiger charge is 2.30. The molecule has 1 fully saturated rings. The van der Waals surface area contributed by atoms with E-state index >= 15 is 0 Å². The van der Waals surface area contributed by atoms with Crippen molar-refractivity contribution in [3.63, 3.8) is 0 Å². The monoisotopic (exact) mass is 419 g/mol. The molecule has 162 valence electrons. The van der Waals surface area contributed by atoms with Crippen LogP contribution in [0.5, 0.6) is 0 Å². The third-order valence-corrected chi connectivity index (χ3v) is 5.93. The van der Waals surface area contributed by atoms with Crippen LogP contribution in [0.1, 0.15) is 55.3 Å². The van der Waals surface area contributed by atoms with E-state index in [1.54, 1.807) is 24.8 Å². The Hall–Kier alpha value is -2.93. The van der Waals surface area contributed by atoms with Gasteiger partial charge in [-0.15, -0.1) is 0 Å². The van der Waals surface area contributed by atoms with Gasteiger partial charge in [-0.05, 0) is 64.2 Å². The molecule has 1 aliphatic heterocycles. The Morgan fingerprint density at radius 2 is 1.87 bits per heavy atom. The van der Waals surface area contributed by atoms with Crippen LogP contribution < -0.4 is 0 Å². The number of pyridine rings is 1. The van der Waals surface area contributed by atoms with Crippen molar-refractivity contribution in [1.82, 2.24) is 24.7 Å². The van der Waals surface area contributed by atoms with Gasteiger partial charge in [0.1, 0.15) is 6.54 Å². The molecule has 4 heterocycles. The minimum atomic E-state index is 0.0885. The molecule has 2 atom stereocenters. The lowest BCUT2D eigenvalue weighted by atomic mass is 9.85. The normalized spacial score (nSPS) is 21.2. The highest BCUT2D eigenvalue weighted by molar-refractivity contribution is 5.80. The van der Waals surface area contributed by atoms with Crippen LogP contribution in [-0.2, 0) is 22.5 Å². The predicted molar refractivity (Wildman–Crippen MR) is 118 cm³/mol. The molecule has 0 saturated carbocycles. The molecular weight excluding hydrogens is 390 g/mol. The van der Waals surface area contributed by atoms with Crippen LogP contribution in [0.25, 0.3) is 11.3 Å². The zero-order valence-electron chi connectivity index (χ0n) is 18.6. The highest BCUT2D eigenvalue weighted by atomic mass is 16.5. The van der Waals surface area contributed by atoms with Gasteiger partial charge in [0.15, 0.2) is 5.78 Å². The van der Waals surface area contributed by atoms with Crippen LogP contribution in [0.3, 0.4) is 0 Å². The first kappa shape index (κ1) is 21.3. The molecule has 0 N–H and O–H groups in total. The average molecular weight is 420 g/mol. The summed E-state index contributed by atoms with van der Waals surface area (Å²) in [6.07, 6.45) is 9.47. The fourth-order valence-electron chi connectivity index (χ4n) is 4.65. The summed E-state index contributed by atoms with van der Waals surface area (Å²) in [5, 5.41) is 4.69. The maximum Gasteiger partial charge on any atom is 0.160 e. The molecule has 1 saturated heterocycles. The molecule has 0 aromatic carbocycles. The first-order valence-electron chi connectivity index (χ1n) is 10.8. The summed E-state index contributed by atoms with van der Waals surface area (Å²) in [6.45, 7) is 8.63. The Labute approximate surface area is 182 Å². The second kappa shape index (κ2) is 9.06. The Morgan fingerprint density at radius 1 is 1.10 bits per heavy atom. The first-order valence-corrected chi connectivity index (χ1v) is 10.8. The topological polar surface area (TPSA) is 82.8 Å².